The van der Waals surface area contributed by atoms with Crippen molar-refractivity contribution in [2.45, 2.75) is 5.22 Å². The number of thioether (sulfide) groups is 1. The van der Waals surface area contributed by atoms with E-state index in [1.807, 2.05) is 24.3 Å². The summed E-state index contributed by atoms with van der Waals surface area (Å²) >= 11 is 8.94. The summed E-state index contributed by atoms with van der Waals surface area (Å²) in [5.41, 5.74) is 0.131. The molecule has 0 unspecified atom stereocenters. The van der Waals surface area contributed by atoms with Gasteiger partial charge in [-0.05, 0) is 18.2 Å². The highest BCUT2D eigenvalue weighted by Crippen LogP contribution is 2.41. The van der Waals surface area contributed by atoms with Crippen molar-refractivity contribution < 1.29 is 13.6 Å². The van der Waals surface area contributed by atoms with Gasteiger partial charge in [0.05, 0.1) is 16.5 Å². The molecule has 1 N–H and O–H groups in total. The van der Waals surface area contributed by atoms with Crippen LogP contribution in [0.3, 0.4) is 0 Å². The van der Waals surface area contributed by atoms with Crippen LogP contribution in [0.1, 0.15) is 0 Å². The van der Waals surface area contributed by atoms with Crippen LogP contribution in [0.5, 0.6) is 0 Å². The first kappa shape index (κ1) is 18.0. The molecular formula is C18H11ClFN3O2S2. The summed E-state index contributed by atoms with van der Waals surface area (Å²) in [4.78, 5) is 12.7. The lowest BCUT2D eigenvalue weighted by atomic mass is 10.2. The Morgan fingerprint density at radius 2 is 1.96 bits per heavy atom. The van der Waals surface area contributed by atoms with Gasteiger partial charge in [0, 0.05) is 10.1 Å². The summed E-state index contributed by atoms with van der Waals surface area (Å²) in [7, 11) is 0. The number of hydrogen-bond donors (Lipinski definition) is 1. The van der Waals surface area contributed by atoms with Gasteiger partial charge in [-0.3, -0.25) is 4.79 Å². The third-order valence-corrected chi connectivity index (χ3v) is 6.09. The Kier molecular flexibility index (Phi) is 5.11. The molecule has 2 aromatic heterocycles. The van der Waals surface area contributed by atoms with Gasteiger partial charge < -0.3 is 9.73 Å². The molecule has 0 saturated heterocycles. The number of thiophene rings is 1. The highest BCUT2D eigenvalue weighted by molar-refractivity contribution is 7.99. The molecule has 2 aromatic carbocycles. The van der Waals surface area contributed by atoms with Gasteiger partial charge >= 0.3 is 0 Å². The van der Waals surface area contributed by atoms with Crippen molar-refractivity contribution >= 4 is 56.4 Å². The predicted octanol–water partition coefficient (Wildman–Crippen LogP) is 5.47. The van der Waals surface area contributed by atoms with Crippen LogP contribution in [0.15, 0.2) is 58.2 Å². The molecule has 4 aromatic rings. The predicted molar refractivity (Wildman–Crippen MR) is 106 cm³/mol. The molecule has 0 spiro atoms. The van der Waals surface area contributed by atoms with Crippen molar-refractivity contribution in [2.24, 2.45) is 0 Å². The zero-order valence-electron chi connectivity index (χ0n) is 13.6. The van der Waals surface area contributed by atoms with Crippen molar-refractivity contribution in [1.29, 1.82) is 0 Å². The molecule has 0 atom stereocenters. The Balaban J connectivity index is 1.44. The maximum absolute atomic E-state index is 13.6. The number of nitrogens with zero attached hydrogens (tertiary/aromatic N) is 2. The van der Waals surface area contributed by atoms with Crippen molar-refractivity contribution in [3.8, 4) is 10.8 Å². The normalized spacial score (nSPS) is 11.0. The van der Waals surface area contributed by atoms with Gasteiger partial charge in [-0.25, -0.2) is 4.39 Å². The average Bonchev–Trinajstić information content (AvgIpc) is 3.27. The fourth-order valence-electron chi connectivity index (χ4n) is 2.39. The van der Waals surface area contributed by atoms with Crippen LogP contribution in [0.2, 0.25) is 5.02 Å². The van der Waals surface area contributed by atoms with E-state index in [1.165, 1.54) is 23.5 Å². The fourth-order valence-corrected chi connectivity index (χ4v) is 4.38. The molecule has 1 amide bonds. The van der Waals surface area contributed by atoms with Crippen LogP contribution in [-0.2, 0) is 4.79 Å². The molecule has 9 heteroatoms. The number of amides is 1. The molecule has 0 aliphatic carbocycles. The lowest BCUT2D eigenvalue weighted by Crippen LogP contribution is -2.14. The number of benzene rings is 2. The van der Waals surface area contributed by atoms with Crippen molar-refractivity contribution in [3.05, 3.63) is 59.4 Å². The third kappa shape index (κ3) is 3.83. The molecule has 136 valence electrons. The van der Waals surface area contributed by atoms with Crippen LogP contribution in [0, 0.1) is 5.82 Å². The zero-order chi connectivity index (χ0) is 18.8. The highest BCUT2D eigenvalue weighted by atomic mass is 35.5. The monoisotopic (exact) mass is 419 g/mol. The molecule has 5 nitrogen and oxygen atoms in total. The van der Waals surface area contributed by atoms with E-state index in [9.17, 15) is 9.18 Å². The summed E-state index contributed by atoms with van der Waals surface area (Å²) < 4.78 is 20.2. The van der Waals surface area contributed by atoms with E-state index in [2.05, 4.69) is 15.5 Å². The standard InChI is InChI=1S/C18H11ClFN3O2S2/c19-15-10-5-1-4-8-13(10)27-16(15)17-22-23-18(25-17)26-9-14(24)21-12-7-3-2-6-11(12)20/h1-8H,9H2,(H,21,24). The quantitative estimate of drug-likeness (QED) is 0.434. The molecular weight excluding hydrogens is 409 g/mol. The van der Waals surface area contributed by atoms with E-state index in [1.54, 1.807) is 12.1 Å². The lowest BCUT2D eigenvalue weighted by molar-refractivity contribution is -0.113. The second-order valence-corrected chi connectivity index (χ2v) is 7.79. The molecule has 0 aliphatic heterocycles. The Morgan fingerprint density at radius 3 is 2.78 bits per heavy atom. The van der Waals surface area contributed by atoms with Crippen LogP contribution in [0.4, 0.5) is 10.1 Å². The van der Waals surface area contributed by atoms with E-state index in [0.29, 0.717) is 15.8 Å². The van der Waals surface area contributed by atoms with E-state index in [4.69, 9.17) is 16.0 Å². The zero-order valence-corrected chi connectivity index (χ0v) is 16.0. The Morgan fingerprint density at radius 1 is 1.19 bits per heavy atom. The van der Waals surface area contributed by atoms with E-state index in [-0.39, 0.29) is 22.6 Å². The van der Waals surface area contributed by atoms with Gasteiger partial charge in [-0.2, -0.15) is 0 Å². The summed E-state index contributed by atoms with van der Waals surface area (Å²) in [6.07, 6.45) is 0. The number of carbonyl (C=O) groups is 1. The molecule has 0 bridgehead atoms. The van der Waals surface area contributed by atoms with E-state index in [0.717, 1.165) is 21.8 Å². The summed E-state index contributed by atoms with van der Waals surface area (Å²) in [6, 6.07) is 13.7. The SMILES string of the molecule is O=C(CSc1nnc(-c2sc3ccccc3c2Cl)o1)Nc1ccccc1F. The number of rotatable bonds is 5. The largest absolute Gasteiger partial charge is 0.410 e. The number of carbonyl (C=O) groups excluding carboxylic acids is 1. The molecule has 0 fully saturated rings. The Labute approximate surface area is 166 Å². The van der Waals surface area contributed by atoms with Gasteiger partial charge in [-0.15, -0.1) is 21.5 Å². The van der Waals surface area contributed by atoms with Gasteiger partial charge in [0.15, 0.2) is 0 Å². The number of aromatic nitrogens is 2. The van der Waals surface area contributed by atoms with Gasteiger partial charge in [0.1, 0.15) is 10.7 Å². The van der Waals surface area contributed by atoms with Gasteiger partial charge in [0.2, 0.25) is 5.91 Å². The van der Waals surface area contributed by atoms with Crippen LogP contribution < -0.4 is 5.32 Å². The molecule has 2 heterocycles. The van der Waals surface area contributed by atoms with Crippen LogP contribution in [-0.4, -0.2) is 21.9 Å². The number of halogens is 2. The van der Waals surface area contributed by atoms with Crippen molar-refractivity contribution in [3.63, 3.8) is 0 Å². The maximum atomic E-state index is 13.6. The molecule has 27 heavy (non-hydrogen) atoms. The second-order valence-electron chi connectivity index (χ2n) is 5.43. The molecule has 0 radical (unpaired) electrons. The first-order valence-electron chi connectivity index (χ1n) is 7.80. The first-order valence-corrected chi connectivity index (χ1v) is 9.98. The Hall–Kier alpha value is -2.42. The minimum Gasteiger partial charge on any atom is -0.410 e. The van der Waals surface area contributed by atoms with Gasteiger partial charge in [0.25, 0.3) is 11.1 Å². The number of para-hydroxylation sites is 1. The first-order chi connectivity index (χ1) is 13.1. The second kappa shape index (κ2) is 7.67. The number of hydrogen-bond acceptors (Lipinski definition) is 6. The number of fused-ring (bicyclic) bond motifs is 1. The Bertz CT molecular complexity index is 1130. The van der Waals surface area contributed by atoms with Crippen LogP contribution in [0.25, 0.3) is 20.9 Å². The average molecular weight is 420 g/mol. The fraction of sp³-hybridized carbons (Fsp3) is 0.0556. The third-order valence-electron chi connectivity index (χ3n) is 3.61. The highest BCUT2D eigenvalue weighted by Gasteiger charge is 2.18. The van der Waals surface area contributed by atoms with Crippen LogP contribution >= 0.6 is 34.7 Å². The minimum absolute atomic E-state index is 0.0100. The van der Waals surface area contributed by atoms with E-state index >= 15 is 0 Å². The molecule has 0 aliphatic rings. The smallest absolute Gasteiger partial charge is 0.277 e. The number of anilines is 1. The molecule has 4 rings (SSSR count). The summed E-state index contributed by atoms with van der Waals surface area (Å²) in [6.45, 7) is 0. The topological polar surface area (TPSA) is 68.0 Å². The summed E-state index contributed by atoms with van der Waals surface area (Å²) in [5, 5.41) is 12.2. The maximum Gasteiger partial charge on any atom is 0.277 e. The van der Waals surface area contributed by atoms with Crippen molar-refractivity contribution in [2.75, 3.05) is 11.1 Å². The molecule has 0 saturated carbocycles. The minimum atomic E-state index is -0.490. The lowest BCUT2D eigenvalue weighted by Gasteiger charge is -2.04. The summed E-state index contributed by atoms with van der Waals surface area (Å²) in [5.74, 6) is -0.547. The van der Waals surface area contributed by atoms with E-state index < -0.39 is 5.82 Å². The number of nitrogens with one attached hydrogen (secondary N) is 1. The van der Waals surface area contributed by atoms with Crippen molar-refractivity contribution in [1.82, 2.24) is 10.2 Å². The van der Waals surface area contributed by atoms with Gasteiger partial charge in [-0.1, -0.05) is 53.7 Å².